The van der Waals surface area contributed by atoms with Crippen LogP contribution in [0, 0.1) is 6.92 Å². The van der Waals surface area contributed by atoms with Crippen LogP contribution in [-0.2, 0) is 6.42 Å². The van der Waals surface area contributed by atoms with Gasteiger partial charge >= 0.3 is 0 Å². The standard InChI is InChI=1S/C20H19N5O/c1-12-19-17(24-20(21)23-12)10-14(11-18(19)25-26)16-5-3-2-4-15(16)13-6-8-22-9-7-13/h2-9,14,26H,10-11H2,1H3,(H2,21,23,24)/b25-18-. The molecule has 1 aliphatic carbocycles. The van der Waals surface area contributed by atoms with Crippen LogP contribution in [0.3, 0.4) is 0 Å². The van der Waals surface area contributed by atoms with Crippen molar-refractivity contribution in [3.05, 3.63) is 71.3 Å². The van der Waals surface area contributed by atoms with Crippen molar-refractivity contribution in [3.8, 4) is 11.1 Å². The molecule has 130 valence electrons. The van der Waals surface area contributed by atoms with Gasteiger partial charge in [0.2, 0.25) is 5.95 Å². The molecule has 4 rings (SSSR count). The molecular weight excluding hydrogens is 326 g/mol. The summed E-state index contributed by atoms with van der Waals surface area (Å²) in [5.41, 5.74) is 12.3. The molecule has 0 fully saturated rings. The van der Waals surface area contributed by atoms with Gasteiger partial charge in [-0.2, -0.15) is 0 Å². The van der Waals surface area contributed by atoms with Gasteiger partial charge in [0.25, 0.3) is 0 Å². The van der Waals surface area contributed by atoms with Crippen molar-refractivity contribution in [1.29, 1.82) is 0 Å². The van der Waals surface area contributed by atoms with Crippen LogP contribution in [0.15, 0.2) is 53.9 Å². The summed E-state index contributed by atoms with van der Waals surface area (Å²) in [6, 6.07) is 12.3. The lowest BCUT2D eigenvalue weighted by atomic mass is 9.78. The van der Waals surface area contributed by atoms with Crippen molar-refractivity contribution in [2.75, 3.05) is 5.73 Å². The zero-order valence-electron chi connectivity index (χ0n) is 14.4. The Bertz CT molecular complexity index is 985. The molecule has 3 N–H and O–H groups in total. The molecule has 1 aliphatic rings. The zero-order valence-corrected chi connectivity index (χ0v) is 14.4. The van der Waals surface area contributed by atoms with E-state index in [2.05, 4.69) is 32.2 Å². The zero-order chi connectivity index (χ0) is 18.1. The van der Waals surface area contributed by atoms with Gasteiger partial charge in [-0.1, -0.05) is 29.4 Å². The maximum Gasteiger partial charge on any atom is 0.220 e. The lowest BCUT2D eigenvalue weighted by Gasteiger charge is -2.27. The van der Waals surface area contributed by atoms with Crippen molar-refractivity contribution >= 4 is 11.7 Å². The highest BCUT2D eigenvalue weighted by molar-refractivity contribution is 6.03. The van der Waals surface area contributed by atoms with Gasteiger partial charge in [0.05, 0.1) is 17.1 Å². The number of aromatic nitrogens is 3. The predicted octanol–water partition coefficient (Wildman–Crippen LogP) is 3.34. The summed E-state index contributed by atoms with van der Waals surface area (Å²) in [6.07, 6.45) is 4.93. The number of hydrogen-bond acceptors (Lipinski definition) is 6. The first kappa shape index (κ1) is 16.2. The fraction of sp³-hybridized carbons (Fsp3) is 0.200. The maximum atomic E-state index is 9.58. The minimum absolute atomic E-state index is 0.145. The van der Waals surface area contributed by atoms with Crippen LogP contribution in [0.5, 0.6) is 0 Å². The van der Waals surface area contributed by atoms with E-state index < -0.39 is 0 Å². The van der Waals surface area contributed by atoms with E-state index in [1.807, 2.05) is 31.2 Å². The number of rotatable bonds is 2. The van der Waals surface area contributed by atoms with E-state index in [4.69, 9.17) is 5.73 Å². The number of aryl methyl sites for hydroxylation is 1. The van der Waals surface area contributed by atoms with Crippen LogP contribution in [0.4, 0.5) is 5.95 Å². The van der Waals surface area contributed by atoms with E-state index in [1.54, 1.807) is 12.4 Å². The highest BCUT2D eigenvalue weighted by Crippen LogP contribution is 2.38. The number of oxime groups is 1. The molecule has 6 heteroatoms. The number of fused-ring (bicyclic) bond motifs is 1. The van der Waals surface area contributed by atoms with Gasteiger partial charge in [-0.15, -0.1) is 0 Å². The fourth-order valence-electron chi connectivity index (χ4n) is 3.78. The number of hydrogen-bond donors (Lipinski definition) is 2. The molecule has 0 radical (unpaired) electrons. The first-order valence-electron chi connectivity index (χ1n) is 8.51. The van der Waals surface area contributed by atoms with E-state index in [9.17, 15) is 5.21 Å². The van der Waals surface area contributed by atoms with Gasteiger partial charge in [0.1, 0.15) is 0 Å². The summed E-state index contributed by atoms with van der Waals surface area (Å²) in [6.45, 7) is 1.87. The fourth-order valence-corrected chi connectivity index (χ4v) is 3.78. The molecule has 0 amide bonds. The summed E-state index contributed by atoms with van der Waals surface area (Å²) >= 11 is 0. The Labute approximate surface area is 151 Å². The second kappa shape index (κ2) is 6.55. The molecule has 6 nitrogen and oxygen atoms in total. The number of anilines is 1. The lowest BCUT2D eigenvalue weighted by molar-refractivity contribution is 0.316. The van der Waals surface area contributed by atoms with E-state index in [0.29, 0.717) is 12.1 Å². The second-order valence-corrected chi connectivity index (χ2v) is 6.46. The largest absolute Gasteiger partial charge is 0.411 e. The van der Waals surface area contributed by atoms with Crippen molar-refractivity contribution in [2.45, 2.75) is 25.7 Å². The van der Waals surface area contributed by atoms with Crippen LogP contribution in [-0.4, -0.2) is 25.9 Å². The third-order valence-electron chi connectivity index (χ3n) is 4.86. The Balaban J connectivity index is 1.82. The van der Waals surface area contributed by atoms with Crippen molar-refractivity contribution in [3.63, 3.8) is 0 Å². The molecular formula is C20H19N5O. The molecule has 2 heterocycles. The quantitative estimate of drug-likeness (QED) is 0.548. The molecule has 0 aliphatic heterocycles. The van der Waals surface area contributed by atoms with Gasteiger partial charge in [-0.25, -0.2) is 9.97 Å². The van der Waals surface area contributed by atoms with Gasteiger partial charge in [0, 0.05) is 24.4 Å². The Morgan fingerprint density at radius 3 is 2.62 bits per heavy atom. The van der Waals surface area contributed by atoms with Gasteiger partial charge in [-0.3, -0.25) is 4.98 Å². The van der Waals surface area contributed by atoms with E-state index in [-0.39, 0.29) is 11.9 Å². The minimum Gasteiger partial charge on any atom is -0.411 e. The Hall–Kier alpha value is -3.28. The number of nitrogens with zero attached hydrogens (tertiary/aromatic N) is 4. The van der Waals surface area contributed by atoms with Gasteiger partial charge in [-0.05, 0) is 48.1 Å². The monoisotopic (exact) mass is 345 g/mol. The highest BCUT2D eigenvalue weighted by Gasteiger charge is 2.30. The van der Waals surface area contributed by atoms with Gasteiger partial charge < -0.3 is 10.9 Å². The van der Waals surface area contributed by atoms with Crippen molar-refractivity contribution < 1.29 is 5.21 Å². The van der Waals surface area contributed by atoms with E-state index in [1.165, 1.54) is 5.56 Å². The lowest BCUT2D eigenvalue weighted by Crippen LogP contribution is -2.24. The molecule has 1 atom stereocenters. The Kier molecular flexibility index (Phi) is 4.08. The van der Waals surface area contributed by atoms with Crippen LogP contribution in [0.1, 0.15) is 34.9 Å². The van der Waals surface area contributed by atoms with Gasteiger partial charge in [0.15, 0.2) is 0 Å². The molecule has 26 heavy (non-hydrogen) atoms. The summed E-state index contributed by atoms with van der Waals surface area (Å²) < 4.78 is 0. The van der Waals surface area contributed by atoms with Crippen molar-refractivity contribution in [2.24, 2.45) is 5.16 Å². The second-order valence-electron chi connectivity index (χ2n) is 6.46. The normalized spacial score (nSPS) is 17.9. The average molecular weight is 345 g/mol. The first-order valence-corrected chi connectivity index (χ1v) is 8.51. The molecule has 0 spiro atoms. The van der Waals surface area contributed by atoms with Crippen LogP contribution < -0.4 is 5.73 Å². The topological polar surface area (TPSA) is 97.3 Å². The van der Waals surface area contributed by atoms with E-state index in [0.717, 1.165) is 34.5 Å². The molecule has 0 saturated heterocycles. The number of nitrogen functional groups attached to an aromatic ring is 1. The molecule has 0 bridgehead atoms. The van der Waals surface area contributed by atoms with E-state index >= 15 is 0 Å². The summed E-state index contributed by atoms with van der Waals surface area (Å²) in [7, 11) is 0. The minimum atomic E-state index is 0.145. The average Bonchev–Trinajstić information content (AvgIpc) is 2.67. The third-order valence-corrected chi connectivity index (χ3v) is 4.86. The molecule has 1 aromatic carbocycles. The van der Waals surface area contributed by atoms with Crippen molar-refractivity contribution in [1.82, 2.24) is 15.0 Å². The first-order chi connectivity index (χ1) is 12.7. The molecule has 1 unspecified atom stereocenters. The SMILES string of the molecule is Cc1nc(N)nc2c1/C(=N\O)CC(c1ccccc1-c1ccncc1)C2. The third kappa shape index (κ3) is 2.79. The predicted molar refractivity (Wildman–Crippen MR) is 100 cm³/mol. The molecule has 2 aromatic heterocycles. The molecule has 3 aromatic rings. The molecule has 0 saturated carbocycles. The summed E-state index contributed by atoms with van der Waals surface area (Å²) in [4.78, 5) is 12.7. The highest BCUT2D eigenvalue weighted by atomic mass is 16.4. The number of pyridine rings is 1. The maximum absolute atomic E-state index is 9.58. The Morgan fingerprint density at radius 1 is 1.08 bits per heavy atom. The number of benzene rings is 1. The number of nitrogens with two attached hydrogens (primary N) is 1. The Morgan fingerprint density at radius 2 is 1.85 bits per heavy atom. The summed E-state index contributed by atoms with van der Waals surface area (Å²) in [5, 5.41) is 13.1. The van der Waals surface area contributed by atoms with Crippen LogP contribution in [0.2, 0.25) is 0 Å². The summed E-state index contributed by atoms with van der Waals surface area (Å²) in [5.74, 6) is 0.396. The smallest absolute Gasteiger partial charge is 0.220 e. The van der Waals surface area contributed by atoms with Crippen LogP contribution >= 0.6 is 0 Å². The van der Waals surface area contributed by atoms with Crippen LogP contribution in [0.25, 0.3) is 11.1 Å².